The first-order valence-electron chi connectivity index (χ1n) is 8.81. The van der Waals surface area contributed by atoms with Crippen LogP contribution in [0.3, 0.4) is 0 Å². The average molecular weight is 369 g/mol. The third-order valence-corrected chi connectivity index (χ3v) is 5.31. The minimum atomic E-state index is -0.264. The van der Waals surface area contributed by atoms with E-state index in [1.165, 1.54) is 6.07 Å². The zero-order chi connectivity index (χ0) is 17.9. The molecule has 3 aromatic rings. The Morgan fingerprint density at radius 2 is 1.88 bits per heavy atom. The van der Waals surface area contributed by atoms with E-state index >= 15 is 0 Å². The lowest BCUT2D eigenvalue weighted by molar-refractivity contribution is 0.337. The molecule has 26 heavy (non-hydrogen) atoms. The van der Waals surface area contributed by atoms with Gasteiger partial charge in [-0.2, -0.15) is 0 Å². The second-order valence-corrected chi connectivity index (χ2v) is 7.16. The lowest BCUT2D eigenvalue weighted by Gasteiger charge is -2.11. The van der Waals surface area contributed by atoms with Crippen molar-refractivity contribution in [1.82, 2.24) is 14.8 Å². The largest absolute Gasteiger partial charge is 0.494 e. The fourth-order valence-corrected chi connectivity index (χ4v) is 3.92. The minimum Gasteiger partial charge on any atom is -0.494 e. The highest BCUT2D eigenvalue weighted by Gasteiger charge is 2.31. The summed E-state index contributed by atoms with van der Waals surface area (Å²) in [7, 11) is 0. The molecule has 1 aliphatic carbocycles. The van der Waals surface area contributed by atoms with E-state index in [0.717, 1.165) is 35.1 Å². The first kappa shape index (κ1) is 17.1. The lowest BCUT2D eigenvalue weighted by Crippen LogP contribution is -2.01. The molecule has 0 aliphatic heterocycles. The van der Waals surface area contributed by atoms with Gasteiger partial charge in [0.15, 0.2) is 11.0 Å². The van der Waals surface area contributed by atoms with Crippen LogP contribution in [0.1, 0.15) is 31.4 Å². The van der Waals surface area contributed by atoms with E-state index in [4.69, 9.17) is 4.74 Å². The molecule has 0 bridgehead atoms. The van der Waals surface area contributed by atoms with E-state index in [9.17, 15) is 4.39 Å². The molecule has 134 valence electrons. The van der Waals surface area contributed by atoms with Crippen LogP contribution >= 0.6 is 11.8 Å². The van der Waals surface area contributed by atoms with Crippen molar-refractivity contribution in [2.45, 2.75) is 36.7 Å². The van der Waals surface area contributed by atoms with Crippen LogP contribution in [-0.4, -0.2) is 21.4 Å². The molecule has 1 aromatic heterocycles. The predicted molar refractivity (Wildman–Crippen MR) is 101 cm³/mol. The zero-order valence-corrected chi connectivity index (χ0v) is 15.4. The number of hydrogen-bond acceptors (Lipinski definition) is 4. The molecular formula is C20H20FN3OS. The number of thioether (sulfide) groups is 1. The van der Waals surface area contributed by atoms with Crippen LogP contribution in [0.25, 0.3) is 11.4 Å². The Balaban J connectivity index is 1.61. The highest BCUT2D eigenvalue weighted by Crippen LogP contribution is 2.42. The smallest absolute Gasteiger partial charge is 0.192 e. The highest BCUT2D eigenvalue weighted by molar-refractivity contribution is 7.98. The van der Waals surface area contributed by atoms with E-state index in [1.807, 2.05) is 31.2 Å². The van der Waals surface area contributed by atoms with Crippen molar-refractivity contribution in [3.63, 3.8) is 0 Å². The Labute approximate surface area is 156 Å². The van der Waals surface area contributed by atoms with E-state index < -0.39 is 0 Å². The Hall–Kier alpha value is -2.34. The van der Waals surface area contributed by atoms with Crippen molar-refractivity contribution in [3.05, 3.63) is 59.9 Å². The van der Waals surface area contributed by atoms with Crippen molar-refractivity contribution < 1.29 is 9.13 Å². The second-order valence-electron chi connectivity index (χ2n) is 6.22. The van der Waals surface area contributed by atoms with Crippen LogP contribution in [-0.2, 0) is 5.75 Å². The first-order valence-corrected chi connectivity index (χ1v) is 9.79. The van der Waals surface area contributed by atoms with Crippen molar-refractivity contribution in [2.75, 3.05) is 6.61 Å². The van der Waals surface area contributed by atoms with E-state index in [0.29, 0.717) is 24.0 Å². The molecule has 1 aliphatic rings. The summed E-state index contributed by atoms with van der Waals surface area (Å²) < 4.78 is 22.0. The number of halogens is 1. The summed E-state index contributed by atoms with van der Waals surface area (Å²) in [4.78, 5) is 0. The van der Waals surface area contributed by atoms with Gasteiger partial charge in [0.1, 0.15) is 11.6 Å². The molecule has 6 heteroatoms. The van der Waals surface area contributed by atoms with E-state index in [-0.39, 0.29) is 5.82 Å². The molecule has 0 radical (unpaired) electrons. The van der Waals surface area contributed by atoms with Crippen LogP contribution in [0.5, 0.6) is 5.75 Å². The van der Waals surface area contributed by atoms with E-state index in [1.54, 1.807) is 23.9 Å². The van der Waals surface area contributed by atoms with Gasteiger partial charge in [0, 0.05) is 17.4 Å². The van der Waals surface area contributed by atoms with Gasteiger partial charge >= 0.3 is 0 Å². The molecule has 4 rings (SSSR count). The third-order valence-electron chi connectivity index (χ3n) is 4.32. The fraction of sp³-hybridized carbons (Fsp3) is 0.300. The molecule has 0 saturated heterocycles. The number of hydrogen-bond donors (Lipinski definition) is 0. The van der Waals surface area contributed by atoms with Gasteiger partial charge in [-0.15, -0.1) is 10.2 Å². The lowest BCUT2D eigenvalue weighted by atomic mass is 10.2. The summed E-state index contributed by atoms with van der Waals surface area (Å²) >= 11 is 1.62. The van der Waals surface area contributed by atoms with Crippen molar-refractivity contribution in [2.24, 2.45) is 0 Å². The minimum absolute atomic E-state index is 0.264. The molecule has 2 aromatic carbocycles. The number of para-hydroxylation sites is 1. The fourth-order valence-electron chi connectivity index (χ4n) is 2.93. The SMILES string of the molecule is CCOc1ccccc1CSc1nnc(-c2ccccc2F)n1C1CC1. The Bertz CT molecular complexity index is 908. The summed E-state index contributed by atoms with van der Waals surface area (Å²) in [6.45, 7) is 2.62. The molecule has 1 fully saturated rings. The van der Waals surface area contributed by atoms with Crippen LogP contribution in [0, 0.1) is 5.82 Å². The third kappa shape index (κ3) is 3.46. The molecule has 0 unspecified atom stereocenters. The maximum Gasteiger partial charge on any atom is 0.192 e. The zero-order valence-electron chi connectivity index (χ0n) is 14.6. The Morgan fingerprint density at radius 1 is 1.12 bits per heavy atom. The predicted octanol–water partition coefficient (Wildman–Crippen LogP) is 5.11. The standard InChI is InChI=1S/C20H20FN3OS/c1-2-25-18-10-6-3-7-14(18)13-26-20-23-22-19(24(20)15-11-12-15)16-8-4-5-9-17(16)21/h3-10,15H,2,11-13H2,1H3. The van der Waals surface area contributed by atoms with Crippen molar-refractivity contribution in [3.8, 4) is 17.1 Å². The van der Waals surface area contributed by atoms with Gasteiger partial charge in [0.2, 0.25) is 0 Å². The van der Waals surface area contributed by atoms with Crippen molar-refractivity contribution in [1.29, 1.82) is 0 Å². The second kappa shape index (κ2) is 7.50. The summed E-state index contributed by atoms with van der Waals surface area (Å²) in [5, 5.41) is 9.49. The van der Waals surface area contributed by atoms with Gasteiger partial charge in [-0.05, 0) is 38.0 Å². The van der Waals surface area contributed by atoms with Crippen LogP contribution in [0.4, 0.5) is 4.39 Å². The number of nitrogens with zero attached hydrogens (tertiary/aromatic N) is 3. The first-order chi connectivity index (χ1) is 12.8. The normalized spacial score (nSPS) is 13.8. The van der Waals surface area contributed by atoms with Gasteiger partial charge in [-0.25, -0.2) is 4.39 Å². The van der Waals surface area contributed by atoms with Crippen LogP contribution in [0.15, 0.2) is 53.7 Å². The molecule has 1 heterocycles. The summed E-state index contributed by atoms with van der Waals surface area (Å²) in [5.41, 5.74) is 1.63. The Morgan fingerprint density at radius 3 is 2.65 bits per heavy atom. The molecule has 1 saturated carbocycles. The van der Waals surface area contributed by atoms with Gasteiger partial charge in [-0.1, -0.05) is 42.1 Å². The number of benzene rings is 2. The molecule has 0 amide bonds. The van der Waals surface area contributed by atoms with Crippen LogP contribution < -0.4 is 4.74 Å². The quantitative estimate of drug-likeness (QED) is 0.543. The summed E-state index contributed by atoms with van der Waals surface area (Å²) in [6.07, 6.45) is 2.17. The monoisotopic (exact) mass is 369 g/mol. The maximum atomic E-state index is 14.2. The number of rotatable bonds is 7. The van der Waals surface area contributed by atoms with Crippen LogP contribution in [0.2, 0.25) is 0 Å². The molecule has 4 nitrogen and oxygen atoms in total. The van der Waals surface area contributed by atoms with Crippen molar-refractivity contribution >= 4 is 11.8 Å². The summed E-state index contributed by atoms with van der Waals surface area (Å²) in [5.74, 6) is 1.98. The Kier molecular flexibility index (Phi) is 4.93. The van der Waals surface area contributed by atoms with Gasteiger partial charge in [0.05, 0.1) is 12.2 Å². The average Bonchev–Trinajstić information content (AvgIpc) is 3.41. The van der Waals surface area contributed by atoms with Gasteiger partial charge in [0.25, 0.3) is 0 Å². The topological polar surface area (TPSA) is 39.9 Å². The molecule has 0 atom stereocenters. The summed E-state index contributed by atoms with van der Waals surface area (Å²) in [6, 6.07) is 15.1. The molecule has 0 N–H and O–H groups in total. The number of aromatic nitrogens is 3. The molecular weight excluding hydrogens is 349 g/mol. The molecule has 0 spiro atoms. The van der Waals surface area contributed by atoms with E-state index in [2.05, 4.69) is 20.8 Å². The highest BCUT2D eigenvalue weighted by atomic mass is 32.2. The van der Waals surface area contributed by atoms with Gasteiger partial charge in [-0.3, -0.25) is 4.57 Å². The van der Waals surface area contributed by atoms with Gasteiger partial charge < -0.3 is 4.74 Å². The number of ether oxygens (including phenoxy) is 1. The maximum absolute atomic E-state index is 14.2.